The van der Waals surface area contributed by atoms with Crippen LogP contribution in [0.1, 0.15) is 48.3 Å². The van der Waals surface area contributed by atoms with Crippen molar-refractivity contribution < 1.29 is 4.79 Å². The molecular formula is C23H29N7O. The Morgan fingerprint density at radius 2 is 1.61 bits per heavy atom. The minimum atomic E-state index is -0.261. The lowest BCUT2D eigenvalue weighted by molar-refractivity contribution is 0.0941. The average molecular weight is 420 g/mol. The lowest BCUT2D eigenvalue weighted by Crippen LogP contribution is -2.29. The van der Waals surface area contributed by atoms with Gasteiger partial charge < -0.3 is 15.1 Å². The number of aromatic nitrogens is 4. The Morgan fingerprint density at radius 3 is 2.35 bits per heavy atom. The molecule has 0 atom stereocenters. The molecule has 162 valence electrons. The number of amides is 1. The number of benzene rings is 1. The Kier molecular flexibility index (Phi) is 5.44. The predicted molar refractivity (Wildman–Crippen MR) is 121 cm³/mol. The van der Waals surface area contributed by atoms with Crippen molar-refractivity contribution in [3.05, 3.63) is 41.9 Å². The maximum absolute atomic E-state index is 12.9. The molecule has 2 fully saturated rings. The Labute approximate surface area is 182 Å². The summed E-state index contributed by atoms with van der Waals surface area (Å²) in [6.45, 7) is 4.61. The monoisotopic (exact) mass is 419 g/mol. The molecule has 5 rings (SSSR count). The molecule has 2 aromatic heterocycles. The van der Waals surface area contributed by atoms with Crippen LogP contribution in [0.4, 0.5) is 11.5 Å². The van der Waals surface area contributed by atoms with Gasteiger partial charge in [-0.05, 0) is 49.8 Å². The van der Waals surface area contributed by atoms with E-state index < -0.39 is 0 Å². The molecule has 0 unspecified atom stereocenters. The first-order chi connectivity index (χ1) is 15.2. The summed E-state index contributed by atoms with van der Waals surface area (Å²) in [7, 11) is 1.84. The van der Waals surface area contributed by atoms with E-state index in [2.05, 4.69) is 54.4 Å². The molecule has 2 aliphatic rings. The second-order valence-electron chi connectivity index (χ2n) is 8.47. The summed E-state index contributed by atoms with van der Waals surface area (Å²) in [5.41, 5.74) is 3.01. The number of aryl methyl sites for hydroxylation is 1. The van der Waals surface area contributed by atoms with Gasteiger partial charge in [-0.15, -0.1) is 0 Å². The van der Waals surface area contributed by atoms with Crippen LogP contribution in [0.3, 0.4) is 0 Å². The van der Waals surface area contributed by atoms with Crippen LogP contribution >= 0.6 is 0 Å². The maximum atomic E-state index is 12.9. The molecule has 0 saturated carbocycles. The van der Waals surface area contributed by atoms with E-state index in [0.717, 1.165) is 55.8 Å². The molecule has 8 heteroatoms. The Hall–Kier alpha value is -3.16. The van der Waals surface area contributed by atoms with Crippen LogP contribution in [-0.2, 0) is 13.6 Å². The van der Waals surface area contributed by atoms with E-state index >= 15 is 0 Å². The number of piperidine rings is 1. The highest BCUT2D eigenvalue weighted by Gasteiger charge is 2.22. The molecule has 0 bridgehead atoms. The summed E-state index contributed by atoms with van der Waals surface area (Å²) in [5.74, 6) is 0.748. The zero-order valence-corrected chi connectivity index (χ0v) is 18.0. The Morgan fingerprint density at radius 1 is 0.935 bits per heavy atom. The van der Waals surface area contributed by atoms with Crippen molar-refractivity contribution in [2.24, 2.45) is 7.05 Å². The molecule has 1 amide bonds. The minimum Gasteiger partial charge on any atom is -0.372 e. The average Bonchev–Trinajstić information content (AvgIpc) is 3.48. The highest BCUT2D eigenvalue weighted by molar-refractivity contribution is 5.95. The van der Waals surface area contributed by atoms with Crippen molar-refractivity contribution in [3.8, 4) is 0 Å². The zero-order chi connectivity index (χ0) is 21.2. The number of nitrogens with one attached hydrogen (secondary N) is 1. The molecule has 2 saturated heterocycles. The third-order valence-corrected chi connectivity index (χ3v) is 6.29. The number of carbonyl (C=O) groups excluding carboxylic acids is 1. The normalized spacial score (nSPS) is 16.8. The van der Waals surface area contributed by atoms with E-state index in [4.69, 9.17) is 0 Å². The van der Waals surface area contributed by atoms with Gasteiger partial charge in [0.25, 0.3) is 5.91 Å². The molecular weight excluding hydrogens is 390 g/mol. The summed E-state index contributed by atoms with van der Waals surface area (Å²) in [5, 5.41) is 8.20. The first-order valence-electron chi connectivity index (χ1n) is 11.3. The van der Waals surface area contributed by atoms with Gasteiger partial charge in [0.05, 0.1) is 11.6 Å². The van der Waals surface area contributed by atoms with E-state index in [1.54, 1.807) is 10.9 Å². The van der Waals surface area contributed by atoms with Crippen LogP contribution in [-0.4, -0.2) is 51.8 Å². The number of fused-ring (bicyclic) bond motifs is 1. The number of hydrogen-bond donors (Lipinski definition) is 1. The Balaban J connectivity index is 1.30. The van der Waals surface area contributed by atoms with Crippen LogP contribution in [0.2, 0.25) is 0 Å². The van der Waals surface area contributed by atoms with Crippen molar-refractivity contribution in [2.45, 2.75) is 38.6 Å². The number of anilines is 2. The summed E-state index contributed by atoms with van der Waals surface area (Å²) in [6.07, 6.45) is 7.92. The second kappa shape index (κ2) is 8.53. The quantitative estimate of drug-likeness (QED) is 0.685. The first kappa shape index (κ1) is 19.8. The Bertz CT molecular complexity index is 1060. The molecule has 0 spiro atoms. The minimum absolute atomic E-state index is 0.197. The molecule has 0 radical (unpaired) electrons. The van der Waals surface area contributed by atoms with Crippen molar-refractivity contribution >= 4 is 28.4 Å². The summed E-state index contributed by atoms with van der Waals surface area (Å²) in [6, 6.07) is 8.48. The first-order valence-corrected chi connectivity index (χ1v) is 11.3. The van der Waals surface area contributed by atoms with Crippen LogP contribution in [0, 0.1) is 0 Å². The summed E-state index contributed by atoms with van der Waals surface area (Å²) < 4.78 is 1.70. The fraction of sp³-hybridized carbons (Fsp3) is 0.478. The molecule has 1 aromatic carbocycles. The largest absolute Gasteiger partial charge is 0.372 e. The van der Waals surface area contributed by atoms with Crippen LogP contribution in [0.15, 0.2) is 30.5 Å². The molecule has 1 N–H and O–H groups in total. The van der Waals surface area contributed by atoms with Crippen molar-refractivity contribution in [1.29, 1.82) is 0 Å². The molecule has 31 heavy (non-hydrogen) atoms. The topological polar surface area (TPSA) is 79.2 Å². The van der Waals surface area contributed by atoms with Gasteiger partial charge in [0, 0.05) is 45.5 Å². The van der Waals surface area contributed by atoms with Gasteiger partial charge >= 0.3 is 0 Å². The highest BCUT2D eigenvalue weighted by Crippen LogP contribution is 2.26. The molecule has 4 heterocycles. The van der Waals surface area contributed by atoms with E-state index in [9.17, 15) is 4.79 Å². The number of carbonyl (C=O) groups is 1. The highest BCUT2D eigenvalue weighted by atomic mass is 16.2. The van der Waals surface area contributed by atoms with E-state index in [-0.39, 0.29) is 11.7 Å². The van der Waals surface area contributed by atoms with Gasteiger partial charge in [0.2, 0.25) is 5.82 Å². The van der Waals surface area contributed by atoms with E-state index in [0.29, 0.717) is 12.2 Å². The zero-order valence-electron chi connectivity index (χ0n) is 18.0. The van der Waals surface area contributed by atoms with Gasteiger partial charge in [-0.3, -0.25) is 9.48 Å². The third-order valence-electron chi connectivity index (χ3n) is 6.29. The smallest absolute Gasteiger partial charge is 0.289 e. The fourth-order valence-electron chi connectivity index (χ4n) is 4.52. The van der Waals surface area contributed by atoms with Crippen LogP contribution in [0.25, 0.3) is 11.0 Å². The van der Waals surface area contributed by atoms with Gasteiger partial charge in [0.15, 0.2) is 5.65 Å². The maximum Gasteiger partial charge on any atom is 0.289 e. The lowest BCUT2D eigenvalue weighted by atomic mass is 10.1. The standard InChI is InChI=1S/C23H29N7O/c1-28-21-19(16-25-28)22(30-13-5-6-14-30)27-20(26-21)23(31)24-15-17-7-9-18(10-8-17)29-11-3-2-4-12-29/h7-10,16H,2-6,11-15H2,1H3,(H,24,31). The number of hydrogen-bond acceptors (Lipinski definition) is 6. The van der Waals surface area contributed by atoms with Crippen molar-refractivity contribution in [2.75, 3.05) is 36.0 Å². The van der Waals surface area contributed by atoms with Gasteiger partial charge in [0.1, 0.15) is 5.82 Å². The van der Waals surface area contributed by atoms with Gasteiger partial charge in [-0.1, -0.05) is 12.1 Å². The van der Waals surface area contributed by atoms with Crippen LogP contribution in [0.5, 0.6) is 0 Å². The number of rotatable bonds is 5. The number of nitrogens with zero attached hydrogens (tertiary/aromatic N) is 6. The van der Waals surface area contributed by atoms with Gasteiger partial charge in [-0.2, -0.15) is 5.10 Å². The fourth-order valence-corrected chi connectivity index (χ4v) is 4.52. The van der Waals surface area contributed by atoms with E-state index in [1.165, 1.54) is 24.9 Å². The lowest BCUT2D eigenvalue weighted by Gasteiger charge is -2.28. The summed E-state index contributed by atoms with van der Waals surface area (Å²) >= 11 is 0. The molecule has 0 aliphatic carbocycles. The van der Waals surface area contributed by atoms with Crippen LogP contribution < -0.4 is 15.1 Å². The van der Waals surface area contributed by atoms with Gasteiger partial charge in [-0.25, -0.2) is 9.97 Å². The summed E-state index contributed by atoms with van der Waals surface area (Å²) in [4.78, 5) is 26.7. The predicted octanol–water partition coefficient (Wildman–Crippen LogP) is 2.88. The molecule has 8 nitrogen and oxygen atoms in total. The van der Waals surface area contributed by atoms with Crippen molar-refractivity contribution in [3.63, 3.8) is 0 Å². The van der Waals surface area contributed by atoms with E-state index in [1.807, 2.05) is 7.05 Å². The molecule has 2 aliphatic heterocycles. The SMILES string of the molecule is Cn1ncc2c(N3CCCC3)nc(C(=O)NCc3ccc(N4CCCCC4)cc3)nc21. The van der Waals surface area contributed by atoms with Crippen molar-refractivity contribution in [1.82, 2.24) is 25.1 Å². The second-order valence-corrected chi connectivity index (χ2v) is 8.47. The molecule has 3 aromatic rings. The third kappa shape index (κ3) is 4.06.